The van der Waals surface area contributed by atoms with E-state index in [9.17, 15) is 14.0 Å². The monoisotopic (exact) mass is 331 g/mol. The molecule has 2 bridgehead atoms. The number of nitrogens with zero attached hydrogens (tertiary/aromatic N) is 1. The average molecular weight is 331 g/mol. The SMILES string of the molecule is O=C(C[C@@H]1C[C@H]2CC[C@H]1C2)Nc1cc(N2CCNC2=O)ccc1F. The normalized spacial score (nSPS) is 28.3. The van der Waals surface area contributed by atoms with Crippen LogP contribution in [-0.2, 0) is 4.79 Å². The molecule has 5 nitrogen and oxygen atoms in total. The number of carbonyl (C=O) groups excluding carboxylic acids is 2. The van der Waals surface area contributed by atoms with E-state index in [0.29, 0.717) is 37.0 Å². The molecule has 3 amide bonds. The van der Waals surface area contributed by atoms with Crippen LogP contribution >= 0.6 is 0 Å². The second kappa shape index (κ2) is 6.07. The van der Waals surface area contributed by atoms with Gasteiger partial charge in [0.25, 0.3) is 0 Å². The summed E-state index contributed by atoms with van der Waals surface area (Å²) in [7, 11) is 0. The molecule has 2 N–H and O–H groups in total. The predicted molar refractivity (Wildman–Crippen MR) is 89.3 cm³/mol. The van der Waals surface area contributed by atoms with Crippen LogP contribution in [0.3, 0.4) is 0 Å². The van der Waals surface area contributed by atoms with Crippen LogP contribution in [0.1, 0.15) is 32.1 Å². The largest absolute Gasteiger partial charge is 0.336 e. The molecule has 4 rings (SSSR count). The van der Waals surface area contributed by atoms with Gasteiger partial charge in [0.2, 0.25) is 5.91 Å². The molecule has 0 radical (unpaired) electrons. The molecule has 0 unspecified atom stereocenters. The molecule has 0 aromatic heterocycles. The zero-order valence-electron chi connectivity index (χ0n) is 13.6. The first-order chi connectivity index (χ1) is 11.6. The summed E-state index contributed by atoms with van der Waals surface area (Å²) < 4.78 is 14.0. The van der Waals surface area contributed by atoms with Crippen LogP contribution in [0.2, 0.25) is 0 Å². The number of urea groups is 1. The number of carbonyl (C=O) groups is 2. The Hall–Kier alpha value is -2.11. The number of fused-ring (bicyclic) bond motifs is 2. The van der Waals surface area contributed by atoms with Crippen molar-refractivity contribution in [2.24, 2.45) is 17.8 Å². The van der Waals surface area contributed by atoms with Crippen molar-refractivity contribution in [3.63, 3.8) is 0 Å². The molecule has 24 heavy (non-hydrogen) atoms. The van der Waals surface area contributed by atoms with Crippen LogP contribution in [0.4, 0.5) is 20.6 Å². The van der Waals surface area contributed by atoms with Crippen LogP contribution in [-0.4, -0.2) is 25.0 Å². The first kappa shape index (κ1) is 15.4. The highest BCUT2D eigenvalue weighted by Gasteiger charge is 2.40. The van der Waals surface area contributed by atoms with E-state index in [1.165, 1.54) is 25.3 Å². The Labute approximate surface area is 140 Å². The summed E-state index contributed by atoms with van der Waals surface area (Å²) in [5, 5.41) is 5.42. The molecular formula is C18H22FN3O2. The van der Waals surface area contributed by atoms with Crippen molar-refractivity contribution in [1.82, 2.24) is 5.32 Å². The summed E-state index contributed by atoms with van der Waals surface area (Å²) in [6, 6.07) is 4.21. The van der Waals surface area contributed by atoms with E-state index in [0.717, 1.165) is 12.3 Å². The molecule has 2 aliphatic carbocycles. The summed E-state index contributed by atoms with van der Waals surface area (Å²) in [5.41, 5.74) is 0.752. The number of hydrogen-bond acceptors (Lipinski definition) is 2. The van der Waals surface area contributed by atoms with Gasteiger partial charge in [-0.05, 0) is 55.2 Å². The smallest absolute Gasteiger partial charge is 0.321 e. The van der Waals surface area contributed by atoms with Crippen molar-refractivity contribution in [3.8, 4) is 0 Å². The van der Waals surface area contributed by atoms with Gasteiger partial charge in [0.1, 0.15) is 5.82 Å². The molecule has 1 saturated heterocycles. The topological polar surface area (TPSA) is 61.4 Å². The molecular weight excluding hydrogens is 309 g/mol. The highest BCUT2D eigenvalue weighted by atomic mass is 19.1. The van der Waals surface area contributed by atoms with E-state index in [2.05, 4.69) is 10.6 Å². The van der Waals surface area contributed by atoms with Gasteiger partial charge in [0.15, 0.2) is 0 Å². The lowest BCUT2D eigenvalue weighted by Crippen LogP contribution is -2.28. The standard InChI is InChI=1S/C18H22FN3O2/c19-15-4-3-14(22-6-5-20-18(22)24)10-16(15)21-17(23)9-13-8-11-1-2-12(13)7-11/h3-4,10-13H,1-2,5-9H2,(H,20,24)(H,21,23)/t11-,12-,13-/m0/s1. The van der Waals surface area contributed by atoms with Gasteiger partial charge in [-0.25, -0.2) is 9.18 Å². The summed E-state index contributed by atoms with van der Waals surface area (Å²) >= 11 is 0. The molecule has 1 aromatic rings. The highest BCUT2D eigenvalue weighted by Crippen LogP contribution is 2.49. The second-order valence-electron chi connectivity index (χ2n) is 7.23. The molecule has 3 atom stereocenters. The van der Waals surface area contributed by atoms with E-state index in [1.54, 1.807) is 17.0 Å². The third-order valence-electron chi connectivity index (χ3n) is 5.72. The van der Waals surface area contributed by atoms with Crippen LogP contribution in [0.5, 0.6) is 0 Å². The van der Waals surface area contributed by atoms with Crippen molar-refractivity contribution < 1.29 is 14.0 Å². The van der Waals surface area contributed by atoms with E-state index in [-0.39, 0.29) is 17.6 Å². The minimum Gasteiger partial charge on any atom is -0.336 e. The number of anilines is 2. The van der Waals surface area contributed by atoms with Crippen molar-refractivity contribution >= 4 is 23.3 Å². The molecule has 2 saturated carbocycles. The van der Waals surface area contributed by atoms with Crippen LogP contribution in [0, 0.1) is 23.6 Å². The molecule has 128 valence electrons. The maximum atomic E-state index is 14.0. The Balaban J connectivity index is 1.43. The van der Waals surface area contributed by atoms with Crippen molar-refractivity contribution in [1.29, 1.82) is 0 Å². The van der Waals surface area contributed by atoms with Gasteiger partial charge in [-0.3, -0.25) is 9.69 Å². The maximum absolute atomic E-state index is 14.0. The third kappa shape index (κ3) is 2.85. The number of amides is 3. The third-order valence-corrected chi connectivity index (χ3v) is 5.72. The van der Waals surface area contributed by atoms with Gasteiger partial charge in [-0.2, -0.15) is 0 Å². The van der Waals surface area contributed by atoms with Gasteiger partial charge >= 0.3 is 6.03 Å². The van der Waals surface area contributed by atoms with E-state index < -0.39 is 5.82 Å². The van der Waals surface area contributed by atoms with Gasteiger partial charge < -0.3 is 10.6 Å². The maximum Gasteiger partial charge on any atom is 0.321 e. The van der Waals surface area contributed by atoms with Gasteiger partial charge in [-0.1, -0.05) is 6.42 Å². The van der Waals surface area contributed by atoms with Crippen LogP contribution < -0.4 is 15.5 Å². The van der Waals surface area contributed by atoms with Crippen molar-refractivity contribution in [2.45, 2.75) is 32.1 Å². The molecule has 3 aliphatic rings. The Bertz CT molecular complexity index is 678. The molecule has 1 heterocycles. The quantitative estimate of drug-likeness (QED) is 0.890. The lowest BCUT2D eigenvalue weighted by Gasteiger charge is -2.21. The Morgan fingerprint density at radius 3 is 2.88 bits per heavy atom. The fourth-order valence-corrected chi connectivity index (χ4v) is 4.56. The molecule has 0 spiro atoms. The highest BCUT2D eigenvalue weighted by molar-refractivity contribution is 5.96. The fourth-order valence-electron chi connectivity index (χ4n) is 4.56. The number of hydrogen-bond donors (Lipinski definition) is 2. The molecule has 3 fully saturated rings. The first-order valence-corrected chi connectivity index (χ1v) is 8.75. The average Bonchev–Trinajstić information content (AvgIpc) is 3.26. The van der Waals surface area contributed by atoms with E-state index in [4.69, 9.17) is 0 Å². The van der Waals surface area contributed by atoms with E-state index in [1.807, 2.05) is 0 Å². The first-order valence-electron chi connectivity index (χ1n) is 8.75. The molecule has 6 heteroatoms. The Morgan fingerprint density at radius 1 is 1.33 bits per heavy atom. The second-order valence-corrected chi connectivity index (χ2v) is 7.23. The number of benzene rings is 1. The minimum atomic E-state index is -0.473. The lowest BCUT2D eigenvalue weighted by molar-refractivity contribution is -0.117. The van der Waals surface area contributed by atoms with Gasteiger partial charge in [-0.15, -0.1) is 0 Å². The number of rotatable bonds is 4. The summed E-state index contributed by atoms with van der Waals surface area (Å²) in [5.74, 6) is 1.31. The number of halogens is 1. The number of nitrogens with one attached hydrogen (secondary N) is 2. The van der Waals surface area contributed by atoms with Gasteiger partial charge in [0.05, 0.1) is 5.69 Å². The Morgan fingerprint density at radius 2 is 2.21 bits per heavy atom. The molecule has 1 aromatic carbocycles. The summed E-state index contributed by atoms with van der Waals surface area (Å²) in [4.78, 5) is 25.6. The van der Waals surface area contributed by atoms with Crippen molar-refractivity contribution in [3.05, 3.63) is 24.0 Å². The predicted octanol–water partition coefficient (Wildman–Crippen LogP) is 3.12. The summed E-state index contributed by atoms with van der Waals surface area (Å²) in [6.45, 7) is 1.12. The zero-order valence-corrected chi connectivity index (χ0v) is 13.6. The minimum absolute atomic E-state index is 0.130. The van der Waals surface area contributed by atoms with Gasteiger partial charge in [0, 0.05) is 25.2 Å². The summed E-state index contributed by atoms with van der Waals surface area (Å²) in [6.07, 6.45) is 5.39. The zero-order chi connectivity index (χ0) is 16.7. The lowest BCUT2D eigenvalue weighted by atomic mass is 9.86. The molecule has 1 aliphatic heterocycles. The van der Waals surface area contributed by atoms with E-state index >= 15 is 0 Å². The fraction of sp³-hybridized carbons (Fsp3) is 0.556. The Kier molecular flexibility index (Phi) is 3.90. The van der Waals surface area contributed by atoms with Crippen LogP contribution in [0.15, 0.2) is 18.2 Å². The van der Waals surface area contributed by atoms with Crippen molar-refractivity contribution in [2.75, 3.05) is 23.3 Å². The van der Waals surface area contributed by atoms with Crippen LogP contribution in [0.25, 0.3) is 0 Å².